The van der Waals surface area contributed by atoms with Gasteiger partial charge < -0.3 is 19.2 Å². The number of benzene rings is 2. The fourth-order valence-electron chi connectivity index (χ4n) is 2.83. The van der Waals surface area contributed by atoms with E-state index < -0.39 is 24.0 Å². The van der Waals surface area contributed by atoms with Crippen molar-refractivity contribution in [1.29, 1.82) is 0 Å². The zero-order valence-electron chi connectivity index (χ0n) is 16.9. The van der Waals surface area contributed by atoms with Crippen LogP contribution >= 0.6 is 0 Å². The summed E-state index contributed by atoms with van der Waals surface area (Å²) >= 11 is 0. The number of amides is 3. The van der Waals surface area contributed by atoms with Crippen LogP contribution in [0.1, 0.15) is 28.6 Å². The molecule has 0 spiro atoms. The molecule has 1 heterocycles. The minimum Gasteiger partial charge on any atom is -0.497 e. The van der Waals surface area contributed by atoms with Gasteiger partial charge in [-0.1, -0.05) is 30.3 Å². The zero-order chi connectivity index (χ0) is 21.7. The summed E-state index contributed by atoms with van der Waals surface area (Å²) in [5, 5.41) is 5.42. The molecule has 156 valence electrons. The van der Waals surface area contributed by atoms with Gasteiger partial charge in [-0.15, -0.1) is 0 Å². The highest BCUT2D eigenvalue weighted by Crippen LogP contribution is 2.29. The Hall–Kier alpha value is -3.81. The zero-order valence-corrected chi connectivity index (χ0v) is 16.9. The molecule has 1 atom stereocenters. The Morgan fingerprint density at radius 1 is 1.10 bits per heavy atom. The summed E-state index contributed by atoms with van der Waals surface area (Å²) < 4.78 is 15.9. The second-order valence-corrected chi connectivity index (χ2v) is 6.62. The van der Waals surface area contributed by atoms with Gasteiger partial charge in [-0.05, 0) is 37.6 Å². The third kappa shape index (κ3) is 4.78. The van der Waals surface area contributed by atoms with E-state index in [1.165, 1.54) is 6.92 Å². The Labute approximate surface area is 173 Å². The molecule has 1 aromatic heterocycles. The number of urea groups is 1. The van der Waals surface area contributed by atoms with Gasteiger partial charge in [-0.2, -0.15) is 0 Å². The van der Waals surface area contributed by atoms with Crippen LogP contribution in [-0.4, -0.2) is 31.1 Å². The van der Waals surface area contributed by atoms with E-state index in [0.29, 0.717) is 22.3 Å². The molecule has 0 fully saturated rings. The van der Waals surface area contributed by atoms with Crippen LogP contribution in [0.5, 0.6) is 5.75 Å². The van der Waals surface area contributed by atoms with Crippen LogP contribution in [0.2, 0.25) is 0 Å². The monoisotopic (exact) mass is 410 g/mol. The van der Waals surface area contributed by atoms with Gasteiger partial charge in [0.15, 0.2) is 6.10 Å². The maximum absolute atomic E-state index is 12.5. The molecule has 2 N–H and O–H groups in total. The molecular weight excluding hydrogens is 388 g/mol. The van der Waals surface area contributed by atoms with Crippen molar-refractivity contribution in [2.75, 3.05) is 7.11 Å². The van der Waals surface area contributed by atoms with Crippen molar-refractivity contribution in [2.45, 2.75) is 26.5 Å². The van der Waals surface area contributed by atoms with E-state index in [0.717, 1.165) is 5.56 Å². The van der Waals surface area contributed by atoms with Crippen molar-refractivity contribution in [2.24, 2.45) is 0 Å². The maximum Gasteiger partial charge on any atom is 0.375 e. The van der Waals surface area contributed by atoms with Crippen molar-refractivity contribution in [1.82, 2.24) is 10.6 Å². The van der Waals surface area contributed by atoms with Crippen molar-refractivity contribution in [3.05, 3.63) is 65.4 Å². The number of fused-ring (bicyclic) bond motifs is 1. The summed E-state index contributed by atoms with van der Waals surface area (Å²) in [4.78, 5) is 36.6. The number of furan rings is 1. The summed E-state index contributed by atoms with van der Waals surface area (Å²) in [7, 11) is 1.54. The average molecular weight is 410 g/mol. The molecule has 2 aromatic carbocycles. The smallest absolute Gasteiger partial charge is 0.375 e. The fraction of sp³-hybridized carbons (Fsp3) is 0.227. The third-order valence-electron chi connectivity index (χ3n) is 4.51. The standard InChI is InChI=1S/C22H22N2O6/c1-13-17-11-16(28-3)9-10-18(17)30-19(13)21(26)29-14(2)20(25)24-22(27)23-12-15-7-5-4-6-8-15/h4-11,14H,12H2,1-3H3,(H2,23,24,25,27)/t14-/m0/s1. The van der Waals surface area contributed by atoms with Crippen LogP contribution in [0, 0.1) is 6.92 Å². The van der Waals surface area contributed by atoms with Crippen LogP contribution in [0.25, 0.3) is 11.0 Å². The fourth-order valence-corrected chi connectivity index (χ4v) is 2.83. The van der Waals surface area contributed by atoms with Crippen molar-refractivity contribution < 1.29 is 28.3 Å². The minimum atomic E-state index is -1.19. The number of imide groups is 1. The molecule has 0 radical (unpaired) electrons. The van der Waals surface area contributed by atoms with E-state index in [2.05, 4.69) is 10.6 Å². The first-order valence-electron chi connectivity index (χ1n) is 9.29. The predicted octanol–water partition coefficient (Wildman–Crippen LogP) is 3.32. The number of esters is 1. The molecule has 0 unspecified atom stereocenters. The molecule has 0 aliphatic carbocycles. The van der Waals surface area contributed by atoms with Crippen LogP contribution in [-0.2, 0) is 16.1 Å². The van der Waals surface area contributed by atoms with E-state index in [1.807, 2.05) is 30.3 Å². The molecule has 3 aromatic rings. The Morgan fingerprint density at radius 2 is 1.83 bits per heavy atom. The molecule has 0 aliphatic rings. The number of carbonyl (C=O) groups excluding carboxylic acids is 3. The summed E-state index contributed by atoms with van der Waals surface area (Å²) in [6, 6.07) is 13.7. The van der Waals surface area contributed by atoms with Gasteiger partial charge in [0.05, 0.1) is 7.11 Å². The number of nitrogens with one attached hydrogen (secondary N) is 2. The summed E-state index contributed by atoms with van der Waals surface area (Å²) in [5.74, 6) is -0.925. The molecule has 0 saturated heterocycles. The van der Waals surface area contributed by atoms with Crippen LogP contribution in [0.15, 0.2) is 52.9 Å². The van der Waals surface area contributed by atoms with Crippen molar-refractivity contribution in [3.63, 3.8) is 0 Å². The highest BCUT2D eigenvalue weighted by atomic mass is 16.6. The van der Waals surface area contributed by atoms with Crippen LogP contribution in [0.3, 0.4) is 0 Å². The van der Waals surface area contributed by atoms with Crippen molar-refractivity contribution >= 4 is 28.9 Å². The van der Waals surface area contributed by atoms with Crippen LogP contribution < -0.4 is 15.4 Å². The van der Waals surface area contributed by atoms with Gasteiger partial charge in [0, 0.05) is 17.5 Å². The first kappa shape index (κ1) is 20.9. The van der Waals surface area contributed by atoms with E-state index in [-0.39, 0.29) is 12.3 Å². The lowest BCUT2D eigenvalue weighted by molar-refractivity contribution is -0.128. The average Bonchev–Trinajstić information content (AvgIpc) is 3.08. The highest BCUT2D eigenvalue weighted by Gasteiger charge is 2.25. The minimum absolute atomic E-state index is 0.00793. The second-order valence-electron chi connectivity index (χ2n) is 6.62. The Kier molecular flexibility index (Phi) is 6.36. The van der Waals surface area contributed by atoms with E-state index in [4.69, 9.17) is 13.9 Å². The Balaban J connectivity index is 1.58. The molecule has 8 heteroatoms. The molecular formula is C22H22N2O6. The number of carbonyl (C=O) groups is 3. The number of rotatable bonds is 6. The lowest BCUT2D eigenvalue weighted by atomic mass is 10.1. The first-order chi connectivity index (χ1) is 14.4. The predicted molar refractivity (Wildman–Crippen MR) is 109 cm³/mol. The summed E-state index contributed by atoms with van der Waals surface area (Å²) in [5.41, 5.74) is 1.95. The topological polar surface area (TPSA) is 107 Å². The Morgan fingerprint density at radius 3 is 2.53 bits per heavy atom. The van der Waals surface area contributed by atoms with E-state index in [1.54, 1.807) is 32.2 Å². The molecule has 0 saturated carbocycles. The third-order valence-corrected chi connectivity index (χ3v) is 4.51. The maximum atomic E-state index is 12.5. The summed E-state index contributed by atoms with van der Waals surface area (Å²) in [6.07, 6.45) is -1.19. The lowest BCUT2D eigenvalue weighted by Crippen LogP contribution is -2.44. The van der Waals surface area contributed by atoms with Gasteiger partial charge in [-0.25, -0.2) is 9.59 Å². The molecule has 0 bridgehead atoms. The normalized spacial score (nSPS) is 11.6. The molecule has 3 rings (SSSR count). The number of hydrogen-bond acceptors (Lipinski definition) is 6. The summed E-state index contributed by atoms with van der Waals surface area (Å²) in [6.45, 7) is 3.35. The number of hydrogen-bond donors (Lipinski definition) is 2. The lowest BCUT2D eigenvalue weighted by Gasteiger charge is -2.13. The number of methoxy groups -OCH3 is 1. The first-order valence-corrected chi connectivity index (χ1v) is 9.29. The highest BCUT2D eigenvalue weighted by molar-refractivity contribution is 6.00. The van der Waals surface area contributed by atoms with Gasteiger partial charge in [0.1, 0.15) is 11.3 Å². The molecule has 30 heavy (non-hydrogen) atoms. The SMILES string of the molecule is COc1ccc2oc(C(=O)O[C@@H](C)C(=O)NC(=O)NCc3ccccc3)c(C)c2c1. The van der Waals surface area contributed by atoms with Gasteiger partial charge >= 0.3 is 12.0 Å². The van der Waals surface area contributed by atoms with Gasteiger partial charge in [-0.3, -0.25) is 10.1 Å². The van der Waals surface area contributed by atoms with E-state index >= 15 is 0 Å². The second kappa shape index (κ2) is 9.13. The quantitative estimate of drug-likeness (QED) is 0.604. The molecule has 0 aliphatic heterocycles. The molecule has 8 nitrogen and oxygen atoms in total. The van der Waals surface area contributed by atoms with E-state index in [9.17, 15) is 14.4 Å². The van der Waals surface area contributed by atoms with Crippen molar-refractivity contribution in [3.8, 4) is 5.75 Å². The molecule has 3 amide bonds. The van der Waals surface area contributed by atoms with Gasteiger partial charge in [0.2, 0.25) is 5.76 Å². The largest absolute Gasteiger partial charge is 0.497 e. The van der Waals surface area contributed by atoms with Gasteiger partial charge in [0.25, 0.3) is 5.91 Å². The van der Waals surface area contributed by atoms with Crippen LogP contribution in [0.4, 0.5) is 4.79 Å². The number of ether oxygens (including phenoxy) is 2. The Bertz CT molecular complexity index is 1070. The number of aryl methyl sites for hydroxylation is 1.